The van der Waals surface area contributed by atoms with Crippen molar-refractivity contribution in [3.8, 4) is 0 Å². The second kappa shape index (κ2) is 3.55. The maximum Gasteiger partial charge on any atom is 0.295 e. The first kappa shape index (κ1) is 8.73. The van der Waals surface area contributed by atoms with E-state index in [0.717, 1.165) is 30.6 Å². The van der Waals surface area contributed by atoms with Crippen LogP contribution in [0.2, 0.25) is 0 Å². The number of anilines is 1. The van der Waals surface area contributed by atoms with Crippen molar-refractivity contribution < 1.29 is 4.42 Å². The van der Waals surface area contributed by atoms with E-state index in [2.05, 4.69) is 15.6 Å². The molecule has 1 aromatic carbocycles. The van der Waals surface area contributed by atoms with Crippen molar-refractivity contribution in [2.45, 2.75) is 12.5 Å². The molecule has 1 fully saturated rings. The molecule has 1 saturated heterocycles. The van der Waals surface area contributed by atoms with Crippen molar-refractivity contribution in [1.82, 2.24) is 10.3 Å². The second-order valence-corrected chi connectivity index (χ2v) is 3.82. The van der Waals surface area contributed by atoms with E-state index in [1.54, 1.807) is 0 Å². The summed E-state index contributed by atoms with van der Waals surface area (Å²) in [5, 5.41) is 6.58. The lowest BCUT2D eigenvalue weighted by atomic mass is 10.3. The number of benzene rings is 1. The average molecular weight is 203 g/mol. The summed E-state index contributed by atoms with van der Waals surface area (Å²) in [7, 11) is 0. The number of nitrogens with zero attached hydrogens (tertiary/aromatic N) is 1. The number of para-hydroxylation sites is 2. The third-order valence-corrected chi connectivity index (χ3v) is 2.68. The molecule has 1 atom stereocenters. The predicted molar refractivity (Wildman–Crippen MR) is 58.9 cm³/mol. The summed E-state index contributed by atoms with van der Waals surface area (Å²) in [5.41, 5.74) is 1.75. The number of nitrogens with one attached hydrogen (secondary N) is 2. The summed E-state index contributed by atoms with van der Waals surface area (Å²) < 4.78 is 5.58. The van der Waals surface area contributed by atoms with Gasteiger partial charge in [-0.05, 0) is 25.1 Å². The van der Waals surface area contributed by atoms with Gasteiger partial charge in [-0.2, -0.15) is 4.98 Å². The minimum atomic E-state index is 0.443. The maximum atomic E-state index is 5.58. The molecule has 0 aliphatic carbocycles. The van der Waals surface area contributed by atoms with Crippen molar-refractivity contribution in [2.24, 2.45) is 0 Å². The number of rotatable bonds is 2. The van der Waals surface area contributed by atoms with E-state index in [1.807, 2.05) is 24.3 Å². The Morgan fingerprint density at radius 3 is 3.13 bits per heavy atom. The van der Waals surface area contributed by atoms with Gasteiger partial charge in [-0.25, -0.2) is 0 Å². The first-order valence-corrected chi connectivity index (χ1v) is 5.25. The van der Waals surface area contributed by atoms with Gasteiger partial charge in [0, 0.05) is 12.6 Å². The second-order valence-electron chi connectivity index (χ2n) is 3.82. The van der Waals surface area contributed by atoms with Crippen LogP contribution in [0.1, 0.15) is 6.42 Å². The number of hydrogen-bond donors (Lipinski definition) is 2. The summed E-state index contributed by atoms with van der Waals surface area (Å²) in [6.45, 7) is 2.05. The van der Waals surface area contributed by atoms with E-state index >= 15 is 0 Å². The van der Waals surface area contributed by atoms with E-state index in [-0.39, 0.29) is 0 Å². The molecule has 1 unspecified atom stereocenters. The smallest absolute Gasteiger partial charge is 0.295 e. The molecule has 0 radical (unpaired) electrons. The fourth-order valence-electron chi connectivity index (χ4n) is 1.89. The number of aromatic nitrogens is 1. The fraction of sp³-hybridized carbons (Fsp3) is 0.364. The Bertz CT molecular complexity index is 427. The number of hydrogen-bond acceptors (Lipinski definition) is 4. The highest BCUT2D eigenvalue weighted by Gasteiger charge is 2.16. The summed E-state index contributed by atoms with van der Waals surface area (Å²) >= 11 is 0. The van der Waals surface area contributed by atoms with Crippen molar-refractivity contribution in [3.05, 3.63) is 24.3 Å². The monoisotopic (exact) mass is 203 g/mol. The van der Waals surface area contributed by atoms with E-state index < -0.39 is 0 Å². The molecule has 1 aliphatic heterocycles. The Kier molecular flexibility index (Phi) is 2.07. The van der Waals surface area contributed by atoms with Crippen LogP contribution in [0, 0.1) is 0 Å². The molecule has 1 aliphatic rings. The topological polar surface area (TPSA) is 50.1 Å². The van der Waals surface area contributed by atoms with E-state index in [0.29, 0.717) is 12.1 Å². The molecule has 3 rings (SSSR count). The average Bonchev–Trinajstić information content (AvgIpc) is 2.86. The van der Waals surface area contributed by atoms with Gasteiger partial charge in [0.15, 0.2) is 5.58 Å². The lowest BCUT2D eigenvalue weighted by Gasteiger charge is -2.07. The lowest BCUT2D eigenvalue weighted by Crippen LogP contribution is -2.22. The molecule has 2 N–H and O–H groups in total. The maximum absolute atomic E-state index is 5.58. The fourth-order valence-corrected chi connectivity index (χ4v) is 1.89. The lowest BCUT2D eigenvalue weighted by molar-refractivity contribution is 0.599. The van der Waals surface area contributed by atoms with Crippen LogP contribution in [0.4, 0.5) is 6.01 Å². The van der Waals surface area contributed by atoms with Gasteiger partial charge in [-0.1, -0.05) is 12.1 Å². The molecule has 0 amide bonds. The van der Waals surface area contributed by atoms with Crippen LogP contribution in [-0.4, -0.2) is 24.1 Å². The van der Waals surface area contributed by atoms with Crippen molar-refractivity contribution in [2.75, 3.05) is 18.4 Å². The molecular formula is C11H13N3O. The zero-order valence-corrected chi connectivity index (χ0v) is 8.36. The van der Waals surface area contributed by atoms with Gasteiger partial charge in [-0.3, -0.25) is 0 Å². The molecule has 4 nitrogen and oxygen atoms in total. The molecule has 15 heavy (non-hydrogen) atoms. The van der Waals surface area contributed by atoms with Gasteiger partial charge >= 0.3 is 0 Å². The molecule has 0 bridgehead atoms. The summed E-state index contributed by atoms with van der Waals surface area (Å²) in [4.78, 5) is 4.37. The normalized spacial score (nSPS) is 20.9. The highest BCUT2D eigenvalue weighted by Crippen LogP contribution is 2.19. The molecular weight excluding hydrogens is 190 g/mol. The van der Waals surface area contributed by atoms with E-state index in [4.69, 9.17) is 4.42 Å². The summed E-state index contributed by atoms with van der Waals surface area (Å²) in [5.74, 6) is 0. The largest absolute Gasteiger partial charge is 0.424 e. The van der Waals surface area contributed by atoms with Crippen LogP contribution in [0.3, 0.4) is 0 Å². The number of oxazole rings is 1. The van der Waals surface area contributed by atoms with Crippen molar-refractivity contribution in [1.29, 1.82) is 0 Å². The molecule has 78 valence electrons. The third kappa shape index (κ3) is 1.68. The Morgan fingerprint density at radius 2 is 2.33 bits per heavy atom. The molecule has 0 saturated carbocycles. The van der Waals surface area contributed by atoms with Crippen LogP contribution >= 0.6 is 0 Å². The van der Waals surface area contributed by atoms with Crippen LogP contribution < -0.4 is 10.6 Å². The van der Waals surface area contributed by atoms with Crippen molar-refractivity contribution in [3.63, 3.8) is 0 Å². The van der Waals surface area contributed by atoms with Gasteiger partial charge in [0.2, 0.25) is 0 Å². The van der Waals surface area contributed by atoms with Gasteiger partial charge in [-0.15, -0.1) is 0 Å². The number of fused-ring (bicyclic) bond motifs is 1. The quantitative estimate of drug-likeness (QED) is 0.778. The highest BCUT2D eigenvalue weighted by molar-refractivity contribution is 5.74. The minimum Gasteiger partial charge on any atom is -0.424 e. The van der Waals surface area contributed by atoms with Crippen LogP contribution in [0.15, 0.2) is 28.7 Å². The van der Waals surface area contributed by atoms with Crippen LogP contribution in [0.5, 0.6) is 0 Å². The molecule has 2 aromatic rings. The first-order chi connectivity index (χ1) is 7.42. The van der Waals surface area contributed by atoms with E-state index in [1.165, 1.54) is 0 Å². The Hall–Kier alpha value is -1.55. The Morgan fingerprint density at radius 1 is 1.40 bits per heavy atom. The summed E-state index contributed by atoms with van der Waals surface area (Å²) in [6, 6.07) is 8.88. The predicted octanol–water partition coefficient (Wildman–Crippen LogP) is 1.60. The SMILES string of the molecule is c1ccc2oc(NC3CCNC3)nc2c1. The van der Waals surface area contributed by atoms with Crippen LogP contribution in [-0.2, 0) is 0 Å². The first-order valence-electron chi connectivity index (χ1n) is 5.25. The zero-order chi connectivity index (χ0) is 10.1. The van der Waals surface area contributed by atoms with Gasteiger partial charge in [0.1, 0.15) is 5.52 Å². The standard InChI is InChI=1S/C11H13N3O/c1-2-4-10-9(3-1)14-11(15-10)13-8-5-6-12-7-8/h1-4,8,12H,5-7H2,(H,13,14). The van der Waals surface area contributed by atoms with E-state index in [9.17, 15) is 0 Å². The van der Waals surface area contributed by atoms with Gasteiger partial charge in [0.25, 0.3) is 6.01 Å². The van der Waals surface area contributed by atoms with Crippen LogP contribution in [0.25, 0.3) is 11.1 Å². The third-order valence-electron chi connectivity index (χ3n) is 2.68. The van der Waals surface area contributed by atoms with Gasteiger partial charge in [0.05, 0.1) is 0 Å². The zero-order valence-electron chi connectivity index (χ0n) is 8.36. The summed E-state index contributed by atoms with van der Waals surface area (Å²) in [6.07, 6.45) is 1.12. The molecule has 0 spiro atoms. The van der Waals surface area contributed by atoms with Gasteiger partial charge < -0.3 is 15.1 Å². The molecule has 4 heteroatoms. The Labute approximate surface area is 87.7 Å². The highest BCUT2D eigenvalue weighted by atomic mass is 16.4. The minimum absolute atomic E-state index is 0.443. The Balaban J connectivity index is 1.84. The molecule has 1 aromatic heterocycles. The van der Waals surface area contributed by atoms with Crippen molar-refractivity contribution >= 4 is 17.1 Å². The molecule has 2 heterocycles.